The van der Waals surface area contributed by atoms with Gasteiger partial charge < -0.3 is 0 Å². The SMILES string of the molecule is N#Cc1ccc2cc(-c3ccc4c5c(ccc(-c6ccc(-c7cccc(-c8nc(-c9ccccc9)nc(-c9ccccc9)n8)c7)cc6)c35)-c3ccccc3-4)ccc2c1. The van der Waals surface area contributed by atoms with Gasteiger partial charge in [0.05, 0.1) is 11.6 Å². The van der Waals surface area contributed by atoms with Crippen molar-refractivity contribution in [1.82, 2.24) is 15.0 Å². The van der Waals surface area contributed by atoms with E-state index < -0.39 is 0 Å². The normalized spacial score (nSPS) is 11.4. The first-order valence-corrected chi connectivity index (χ1v) is 19.4. The van der Waals surface area contributed by atoms with Gasteiger partial charge in [-0.25, -0.2) is 15.0 Å². The van der Waals surface area contributed by atoms with Crippen molar-refractivity contribution in [3.63, 3.8) is 0 Å². The highest BCUT2D eigenvalue weighted by Crippen LogP contribution is 2.52. The average molecular weight is 737 g/mol. The Balaban J connectivity index is 1.01. The molecular weight excluding hydrogens is 705 g/mol. The van der Waals surface area contributed by atoms with E-state index in [2.05, 4.69) is 121 Å². The van der Waals surface area contributed by atoms with E-state index in [1.54, 1.807) is 0 Å². The molecule has 1 aliphatic carbocycles. The molecule has 0 saturated carbocycles. The summed E-state index contributed by atoms with van der Waals surface area (Å²) >= 11 is 0. The highest BCUT2D eigenvalue weighted by molar-refractivity contribution is 6.22. The molecule has 9 aromatic carbocycles. The number of benzene rings is 9. The molecule has 0 aliphatic heterocycles. The Morgan fingerprint density at radius 2 is 0.759 bits per heavy atom. The molecule has 1 aromatic heterocycles. The van der Waals surface area contributed by atoms with E-state index >= 15 is 0 Å². The Morgan fingerprint density at radius 1 is 0.293 bits per heavy atom. The van der Waals surface area contributed by atoms with Gasteiger partial charge in [0.2, 0.25) is 0 Å². The van der Waals surface area contributed by atoms with E-state index in [4.69, 9.17) is 15.0 Å². The Kier molecular flexibility index (Phi) is 7.84. The van der Waals surface area contributed by atoms with E-state index in [-0.39, 0.29) is 0 Å². The van der Waals surface area contributed by atoms with E-state index in [9.17, 15) is 5.26 Å². The summed E-state index contributed by atoms with van der Waals surface area (Å²) in [7, 11) is 0. The molecule has 10 aromatic rings. The molecule has 0 amide bonds. The lowest BCUT2D eigenvalue weighted by atomic mass is 9.87. The molecule has 0 spiro atoms. The van der Waals surface area contributed by atoms with Crippen LogP contribution >= 0.6 is 0 Å². The van der Waals surface area contributed by atoms with Crippen LogP contribution in [0.4, 0.5) is 0 Å². The van der Waals surface area contributed by atoms with Crippen LogP contribution in [-0.4, -0.2) is 15.0 Å². The standard InChI is InChI=1S/C54H32N4/c55-33-34-18-19-41-31-42(25-24-40(41)30-34)45-27-29-49-47-17-8-7-16-46(47)48-28-26-44(50(45)51(48)49)36-22-20-35(21-23-36)39-14-9-15-43(32-39)54-57-52(37-10-3-1-4-11-37)56-53(58-54)38-12-5-2-6-13-38/h1-32H. The molecule has 0 fully saturated rings. The third kappa shape index (κ3) is 5.65. The van der Waals surface area contributed by atoms with Gasteiger partial charge in [0, 0.05) is 16.7 Å². The van der Waals surface area contributed by atoms with Crippen LogP contribution in [0.1, 0.15) is 5.56 Å². The third-order valence-corrected chi connectivity index (χ3v) is 11.3. The number of rotatable bonds is 6. The van der Waals surface area contributed by atoms with Crippen molar-refractivity contribution >= 4 is 21.5 Å². The maximum Gasteiger partial charge on any atom is 0.164 e. The second-order valence-electron chi connectivity index (χ2n) is 14.7. The monoisotopic (exact) mass is 736 g/mol. The number of nitrogens with zero attached hydrogens (tertiary/aromatic N) is 4. The fraction of sp³-hybridized carbons (Fsp3) is 0. The van der Waals surface area contributed by atoms with Crippen molar-refractivity contribution in [2.24, 2.45) is 0 Å². The predicted octanol–water partition coefficient (Wildman–Crippen LogP) is 13.7. The van der Waals surface area contributed by atoms with Crippen molar-refractivity contribution in [2.75, 3.05) is 0 Å². The second-order valence-corrected chi connectivity index (χ2v) is 14.7. The maximum absolute atomic E-state index is 9.49. The fourth-order valence-corrected chi connectivity index (χ4v) is 8.48. The van der Waals surface area contributed by atoms with Gasteiger partial charge in [-0.1, -0.05) is 170 Å². The number of nitriles is 1. The fourth-order valence-electron chi connectivity index (χ4n) is 8.48. The van der Waals surface area contributed by atoms with Gasteiger partial charge in [-0.2, -0.15) is 5.26 Å². The van der Waals surface area contributed by atoms with Gasteiger partial charge in [-0.05, 0) is 101 Å². The topological polar surface area (TPSA) is 62.5 Å². The minimum absolute atomic E-state index is 0.631. The Bertz CT molecular complexity index is 3190. The molecule has 0 unspecified atom stereocenters. The number of fused-ring (bicyclic) bond motifs is 4. The molecule has 0 bridgehead atoms. The summed E-state index contributed by atoms with van der Waals surface area (Å²) in [4.78, 5) is 14.8. The zero-order valence-electron chi connectivity index (χ0n) is 31.3. The summed E-state index contributed by atoms with van der Waals surface area (Å²) in [6, 6.07) is 70.1. The summed E-state index contributed by atoms with van der Waals surface area (Å²) in [6.45, 7) is 0. The van der Waals surface area contributed by atoms with Gasteiger partial charge in [0.1, 0.15) is 0 Å². The quantitative estimate of drug-likeness (QED) is 0.170. The van der Waals surface area contributed by atoms with E-state index in [1.807, 2.05) is 78.9 Å². The minimum Gasteiger partial charge on any atom is -0.208 e. The van der Waals surface area contributed by atoms with E-state index in [0.29, 0.717) is 23.0 Å². The molecule has 1 heterocycles. The molecule has 58 heavy (non-hydrogen) atoms. The molecule has 0 radical (unpaired) electrons. The second kappa shape index (κ2) is 13.6. The molecule has 0 saturated heterocycles. The van der Waals surface area contributed by atoms with Crippen molar-refractivity contribution in [2.45, 2.75) is 0 Å². The van der Waals surface area contributed by atoms with Crippen molar-refractivity contribution in [1.29, 1.82) is 5.26 Å². The van der Waals surface area contributed by atoms with Gasteiger partial charge in [0.15, 0.2) is 17.5 Å². The van der Waals surface area contributed by atoms with Crippen molar-refractivity contribution < 1.29 is 0 Å². The van der Waals surface area contributed by atoms with Crippen LogP contribution in [-0.2, 0) is 0 Å². The first kappa shape index (κ1) is 33.3. The summed E-state index contributed by atoms with van der Waals surface area (Å²) in [5.74, 6) is 1.92. The number of hydrogen-bond acceptors (Lipinski definition) is 4. The molecule has 4 heteroatoms. The molecular formula is C54H32N4. The first-order chi connectivity index (χ1) is 28.7. The maximum atomic E-state index is 9.49. The molecule has 1 aliphatic rings. The van der Waals surface area contributed by atoms with Gasteiger partial charge in [-0.15, -0.1) is 0 Å². The molecule has 268 valence electrons. The summed E-state index contributed by atoms with van der Waals surface area (Å²) < 4.78 is 0. The van der Waals surface area contributed by atoms with E-state index in [1.165, 1.54) is 44.2 Å². The summed E-state index contributed by atoms with van der Waals surface area (Å²) in [6.07, 6.45) is 0. The lowest BCUT2D eigenvalue weighted by Gasteiger charge is -2.16. The Morgan fingerprint density at radius 3 is 1.40 bits per heavy atom. The van der Waals surface area contributed by atoms with Crippen molar-refractivity contribution in [3.05, 3.63) is 200 Å². The van der Waals surface area contributed by atoms with Crippen LogP contribution in [0.3, 0.4) is 0 Å². The minimum atomic E-state index is 0.631. The van der Waals surface area contributed by atoms with Gasteiger partial charge in [-0.3, -0.25) is 0 Å². The molecule has 0 atom stereocenters. The predicted molar refractivity (Wildman–Crippen MR) is 237 cm³/mol. The highest BCUT2D eigenvalue weighted by Gasteiger charge is 2.25. The van der Waals surface area contributed by atoms with Crippen LogP contribution in [0.15, 0.2) is 194 Å². The lowest BCUT2D eigenvalue weighted by Crippen LogP contribution is -2.00. The Hall–Kier alpha value is -8.00. The van der Waals surface area contributed by atoms with Gasteiger partial charge in [0.25, 0.3) is 0 Å². The lowest BCUT2D eigenvalue weighted by molar-refractivity contribution is 1.07. The van der Waals surface area contributed by atoms with Crippen LogP contribution in [0.25, 0.3) is 111 Å². The van der Waals surface area contributed by atoms with Crippen LogP contribution < -0.4 is 0 Å². The summed E-state index contributed by atoms with van der Waals surface area (Å²) in [5.41, 5.74) is 15.4. The first-order valence-electron chi connectivity index (χ1n) is 19.4. The summed E-state index contributed by atoms with van der Waals surface area (Å²) in [5, 5.41) is 14.2. The van der Waals surface area contributed by atoms with E-state index in [0.717, 1.165) is 49.7 Å². The largest absolute Gasteiger partial charge is 0.208 e. The zero-order chi connectivity index (χ0) is 38.6. The molecule has 4 nitrogen and oxygen atoms in total. The van der Waals surface area contributed by atoms with Crippen LogP contribution in [0.5, 0.6) is 0 Å². The van der Waals surface area contributed by atoms with Crippen LogP contribution in [0.2, 0.25) is 0 Å². The average Bonchev–Trinajstić information content (AvgIpc) is 3.63. The third-order valence-electron chi connectivity index (χ3n) is 11.3. The number of hydrogen-bond donors (Lipinski definition) is 0. The van der Waals surface area contributed by atoms with Crippen molar-refractivity contribution in [3.8, 4) is 95.9 Å². The molecule has 0 N–H and O–H groups in total. The smallest absolute Gasteiger partial charge is 0.164 e. The molecule has 11 rings (SSSR count). The van der Waals surface area contributed by atoms with Crippen LogP contribution in [0, 0.1) is 11.3 Å². The van der Waals surface area contributed by atoms with Gasteiger partial charge >= 0.3 is 0 Å². The number of aromatic nitrogens is 3. The zero-order valence-corrected chi connectivity index (χ0v) is 31.3. The Labute approximate surface area is 336 Å². The highest BCUT2D eigenvalue weighted by atomic mass is 15.0.